The molecule has 0 atom stereocenters. The lowest BCUT2D eigenvalue weighted by Crippen LogP contribution is -2.31. The average Bonchev–Trinajstić information content (AvgIpc) is 2.60. The van der Waals surface area contributed by atoms with Crippen LogP contribution in [-0.2, 0) is 6.54 Å². The molecule has 0 aliphatic carbocycles. The monoisotopic (exact) mass is 324 g/mol. The zero-order valence-corrected chi connectivity index (χ0v) is 14.4. The van der Waals surface area contributed by atoms with Crippen molar-refractivity contribution in [2.75, 3.05) is 18.0 Å². The number of nitrogens with one attached hydrogen (secondary N) is 1. The Labute approximate surface area is 143 Å². The second-order valence-electron chi connectivity index (χ2n) is 6.44. The highest BCUT2D eigenvalue weighted by atomic mass is 16.1. The lowest BCUT2D eigenvalue weighted by atomic mass is 10.1. The number of piperidine rings is 1. The highest BCUT2D eigenvalue weighted by Gasteiger charge is 2.13. The van der Waals surface area contributed by atoms with E-state index in [0.29, 0.717) is 17.9 Å². The number of aryl methyl sites for hydroxylation is 2. The van der Waals surface area contributed by atoms with E-state index in [1.165, 1.54) is 19.3 Å². The second kappa shape index (κ2) is 7.43. The molecule has 2 heterocycles. The van der Waals surface area contributed by atoms with Crippen LogP contribution in [0.15, 0.2) is 30.5 Å². The molecule has 0 radical (unpaired) electrons. The lowest BCUT2D eigenvalue weighted by molar-refractivity contribution is 0.0949. The van der Waals surface area contributed by atoms with E-state index in [0.717, 1.165) is 30.0 Å². The highest BCUT2D eigenvalue weighted by Crippen LogP contribution is 2.17. The van der Waals surface area contributed by atoms with Crippen molar-refractivity contribution >= 4 is 11.7 Å². The molecule has 1 fully saturated rings. The highest BCUT2D eigenvalue weighted by molar-refractivity contribution is 5.94. The first-order valence-electron chi connectivity index (χ1n) is 8.55. The van der Waals surface area contributed by atoms with E-state index in [2.05, 4.69) is 26.3 Å². The first kappa shape index (κ1) is 16.4. The maximum atomic E-state index is 12.3. The summed E-state index contributed by atoms with van der Waals surface area (Å²) >= 11 is 0. The molecule has 1 aromatic heterocycles. The van der Waals surface area contributed by atoms with E-state index in [4.69, 9.17) is 0 Å². The van der Waals surface area contributed by atoms with E-state index in [9.17, 15) is 4.79 Å². The van der Waals surface area contributed by atoms with Crippen molar-refractivity contribution in [1.82, 2.24) is 15.3 Å². The molecule has 0 bridgehead atoms. The van der Waals surface area contributed by atoms with E-state index < -0.39 is 0 Å². The Balaban J connectivity index is 1.64. The molecule has 2 aromatic rings. The fourth-order valence-electron chi connectivity index (χ4n) is 3.14. The molecule has 1 saturated heterocycles. The van der Waals surface area contributed by atoms with Crippen LogP contribution in [0.4, 0.5) is 5.82 Å². The zero-order chi connectivity index (χ0) is 16.9. The van der Waals surface area contributed by atoms with Crippen LogP contribution in [0.2, 0.25) is 0 Å². The molecule has 3 rings (SSSR count). The predicted molar refractivity (Wildman–Crippen MR) is 95.2 cm³/mol. The topological polar surface area (TPSA) is 58.1 Å². The SMILES string of the molecule is Cc1cc(C)cc(C(=O)NCc2nccc(N3CCCCC3)n2)c1. The molecule has 1 aliphatic rings. The average molecular weight is 324 g/mol. The molecule has 0 spiro atoms. The van der Waals surface area contributed by atoms with Crippen LogP contribution in [0.3, 0.4) is 0 Å². The van der Waals surface area contributed by atoms with Crippen LogP contribution in [0.25, 0.3) is 0 Å². The Morgan fingerprint density at radius 3 is 2.54 bits per heavy atom. The van der Waals surface area contributed by atoms with Crippen molar-refractivity contribution in [3.8, 4) is 0 Å². The standard InChI is InChI=1S/C19H24N4O/c1-14-10-15(2)12-16(11-14)19(24)21-13-17-20-7-6-18(22-17)23-8-4-3-5-9-23/h6-7,10-12H,3-5,8-9,13H2,1-2H3,(H,21,24). The van der Waals surface area contributed by atoms with Crippen LogP contribution >= 0.6 is 0 Å². The summed E-state index contributed by atoms with van der Waals surface area (Å²) in [5.41, 5.74) is 2.85. The van der Waals surface area contributed by atoms with Gasteiger partial charge in [-0.1, -0.05) is 17.2 Å². The molecule has 0 saturated carbocycles. The van der Waals surface area contributed by atoms with Crippen molar-refractivity contribution in [1.29, 1.82) is 0 Å². The largest absolute Gasteiger partial charge is 0.357 e. The second-order valence-corrected chi connectivity index (χ2v) is 6.44. The van der Waals surface area contributed by atoms with Crippen LogP contribution in [0, 0.1) is 13.8 Å². The number of aromatic nitrogens is 2. The zero-order valence-electron chi connectivity index (χ0n) is 14.4. The molecule has 5 heteroatoms. The third-order valence-electron chi connectivity index (χ3n) is 4.26. The first-order valence-corrected chi connectivity index (χ1v) is 8.55. The number of hydrogen-bond donors (Lipinski definition) is 1. The van der Waals surface area contributed by atoms with E-state index in [1.54, 1.807) is 6.20 Å². The number of benzene rings is 1. The lowest BCUT2D eigenvalue weighted by Gasteiger charge is -2.27. The number of hydrogen-bond acceptors (Lipinski definition) is 4. The number of carbonyl (C=O) groups excluding carboxylic acids is 1. The van der Waals surface area contributed by atoms with Crippen molar-refractivity contribution in [2.24, 2.45) is 0 Å². The molecule has 24 heavy (non-hydrogen) atoms. The van der Waals surface area contributed by atoms with Crippen molar-refractivity contribution in [2.45, 2.75) is 39.7 Å². The molecule has 1 N–H and O–H groups in total. The number of amides is 1. The Kier molecular flexibility index (Phi) is 5.08. The van der Waals surface area contributed by atoms with Gasteiger partial charge in [0.2, 0.25) is 0 Å². The molecular formula is C19H24N4O. The van der Waals surface area contributed by atoms with Crippen molar-refractivity contribution in [3.05, 3.63) is 53.0 Å². The van der Waals surface area contributed by atoms with Gasteiger partial charge in [-0.3, -0.25) is 4.79 Å². The summed E-state index contributed by atoms with van der Waals surface area (Å²) in [6, 6.07) is 7.79. The minimum atomic E-state index is -0.0891. The molecule has 1 aromatic carbocycles. The molecule has 0 unspecified atom stereocenters. The van der Waals surface area contributed by atoms with Gasteiger partial charge in [0.05, 0.1) is 6.54 Å². The van der Waals surface area contributed by atoms with Gasteiger partial charge < -0.3 is 10.2 Å². The number of anilines is 1. The van der Waals surface area contributed by atoms with Gasteiger partial charge in [0, 0.05) is 24.8 Å². The first-order chi connectivity index (χ1) is 11.6. The van der Waals surface area contributed by atoms with Gasteiger partial charge >= 0.3 is 0 Å². The van der Waals surface area contributed by atoms with Crippen molar-refractivity contribution in [3.63, 3.8) is 0 Å². The molecule has 1 aliphatic heterocycles. The minimum Gasteiger partial charge on any atom is -0.357 e. The summed E-state index contributed by atoms with van der Waals surface area (Å²) in [6.07, 6.45) is 5.49. The van der Waals surface area contributed by atoms with Gasteiger partial charge in [-0.2, -0.15) is 0 Å². The quantitative estimate of drug-likeness (QED) is 0.939. The molecular weight excluding hydrogens is 300 g/mol. The Bertz CT molecular complexity index is 703. The fraction of sp³-hybridized carbons (Fsp3) is 0.421. The van der Waals surface area contributed by atoms with Gasteiger partial charge in [-0.15, -0.1) is 0 Å². The Morgan fingerprint density at radius 1 is 1.12 bits per heavy atom. The number of carbonyl (C=O) groups is 1. The summed E-state index contributed by atoms with van der Waals surface area (Å²) in [5.74, 6) is 1.52. The molecule has 5 nitrogen and oxygen atoms in total. The van der Waals surface area contributed by atoms with Crippen LogP contribution in [0.5, 0.6) is 0 Å². The van der Waals surface area contributed by atoms with Crippen LogP contribution in [0.1, 0.15) is 46.6 Å². The van der Waals surface area contributed by atoms with Crippen LogP contribution in [-0.4, -0.2) is 29.0 Å². The summed E-state index contributed by atoms with van der Waals surface area (Å²) < 4.78 is 0. The number of rotatable bonds is 4. The van der Waals surface area contributed by atoms with E-state index in [-0.39, 0.29) is 5.91 Å². The molecule has 1 amide bonds. The predicted octanol–water partition coefficient (Wildman–Crippen LogP) is 3.01. The van der Waals surface area contributed by atoms with Gasteiger partial charge in [0.1, 0.15) is 11.6 Å². The van der Waals surface area contributed by atoms with Crippen LogP contribution < -0.4 is 10.2 Å². The van der Waals surface area contributed by atoms with Gasteiger partial charge in [0.15, 0.2) is 0 Å². The normalized spacial score (nSPS) is 14.5. The summed E-state index contributed by atoms with van der Waals surface area (Å²) in [5, 5.41) is 2.92. The molecule has 126 valence electrons. The summed E-state index contributed by atoms with van der Waals surface area (Å²) in [6.45, 7) is 6.42. The number of nitrogens with zero attached hydrogens (tertiary/aromatic N) is 3. The fourth-order valence-corrected chi connectivity index (χ4v) is 3.14. The third-order valence-corrected chi connectivity index (χ3v) is 4.26. The third kappa shape index (κ3) is 4.10. The smallest absolute Gasteiger partial charge is 0.251 e. The van der Waals surface area contributed by atoms with Crippen molar-refractivity contribution < 1.29 is 4.79 Å². The van der Waals surface area contributed by atoms with Gasteiger partial charge in [-0.05, 0) is 51.3 Å². The summed E-state index contributed by atoms with van der Waals surface area (Å²) in [4.78, 5) is 23.5. The summed E-state index contributed by atoms with van der Waals surface area (Å²) in [7, 11) is 0. The van der Waals surface area contributed by atoms with Gasteiger partial charge in [-0.25, -0.2) is 9.97 Å². The Hall–Kier alpha value is -2.43. The van der Waals surface area contributed by atoms with E-state index >= 15 is 0 Å². The Morgan fingerprint density at radius 2 is 1.83 bits per heavy atom. The van der Waals surface area contributed by atoms with E-state index in [1.807, 2.05) is 32.0 Å². The minimum absolute atomic E-state index is 0.0891. The maximum Gasteiger partial charge on any atom is 0.251 e. The maximum absolute atomic E-state index is 12.3. The van der Waals surface area contributed by atoms with Gasteiger partial charge in [0.25, 0.3) is 5.91 Å².